The van der Waals surface area contributed by atoms with Gasteiger partial charge in [0.1, 0.15) is 5.75 Å². The predicted molar refractivity (Wildman–Crippen MR) is 74.5 cm³/mol. The number of rotatable bonds is 6. The molecule has 0 atom stereocenters. The minimum atomic E-state index is -3.72. The minimum Gasteiger partial charge on any atom is -0.497 e. The summed E-state index contributed by atoms with van der Waals surface area (Å²) in [4.78, 5) is 7.21. The first-order valence-electron chi connectivity index (χ1n) is 5.93. The van der Waals surface area contributed by atoms with Crippen LogP contribution in [-0.4, -0.2) is 15.5 Å². The summed E-state index contributed by atoms with van der Waals surface area (Å²) in [6.45, 7) is 0.157. The largest absolute Gasteiger partial charge is 0.497 e. The van der Waals surface area contributed by atoms with Crippen LogP contribution in [0.1, 0.15) is 5.56 Å². The quantitative estimate of drug-likeness (QED) is 0.828. The number of methoxy groups -OCH3 is 1. The maximum atomic E-state index is 12.0. The third-order valence-electron chi connectivity index (χ3n) is 2.60. The SMILES string of the molecule is COc1cccc(S(=O)(=O)NOCc2ccccc2)c1. The highest BCUT2D eigenvalue weighted by molar-refractivity contribution is 7.89. The topological polar surface area (TPSA) is 64.6 Å². The summed E-state index contributed by atoms with van der Waals surface area (Å²) in [6, 6.07) is 15.5. The second kappa shape index (κ2) is 6.51. The van der Waals surface area contributed by atoms with Gasteiger partial charge in [0.25, 0.3) is 10.0 Å². The summed E-state index contributed by atoms with van der Waals surface area (Å²) in [5.41, 5.74) is 0.876. The maximum absolute atomic E-state index is 12.0. The van der Waals surface area contributed by atoms with Gasteiger partial charge in [-0.2, -0.15) is 0 Å². The zero-order valence-corrected chi connectivity index (χ0v) is 11.8. The zero-order chi connectivity index (χ0) is 14.4. The first-order valence-corrected chi connectivity index (χ1v) is 7.42. The van der Waals surface area contributed by atoms with Crippen LogP contribution in [0.15, 0.2) is 59.5 Å². The maximum Gasteiger partial charge on any atom is 0.262 e. The summed E-state index contributed by atoms with van der Waals surface area (Å²) in [5.74, 6) is 0.468. The summed E-state index contributed by atoms with van der Waals surface area (Å²) in [7, 11) is -2.24. The van der Waals surface area contributed by atoms with Crippen molar-refractivity contribution in [2.24, 2.45) is 0 Å². The molecular weight excluding hydrogens is 278 g/mol. The number of nitrogens with one attached hydrogen (secondary N) is 1. The Morgan fingerprint density at radius 3 is 2.50 bits per heavy atom. The number of benzene rings is 2. The molecule has 0 aliphatic heterocycles. The van der Waals surface area contributed by atoms with E-state index < -0.39 is 10.0 Å². The Morgan fingerprint density at radius 2 is 1.80 bits per heavy atom. The Kier molecular flexibility index (Phi) is 4.73. The molecule has 6 heteroatoms. The van der Waals surface area contributed by atoms with Gasteiger partial charge in [-0.15, -0.1) is 0 Å². The van der Waals surface area contributed by atoms with E-state index in [1.807, 2.05) is 30.3 Å². The molecular formula is C14H15NO4S. The highest BCUT2D eigenvalue weighted by Crippen LogP contribution is 2.16. The fourth-order valence-corrected chi connectivity index (χ4v) is 2.42. The molecule has 0 unspecified atom stereocenters. The van der Waals surface area contributed by atoms with E-state index >= 15 is 0 Å². The molecule has 0 heterocycles. The second-order valence-corrected chi connectivity index (χ2v) is 5.68. The molecule has 5 nitrogen and oxygen atoms in total. The molecule has 0 aromatic heterocycles. The standard InChI is InChI=1S/C14H15NO4S/c1-18-13-8-5-9-14(10-13)20(16,17)15-19-11-12-6-3-2-4-7-12/h2-10,15H,11H2,1H3. The number of hydrogen-bond donors (Lipinski definition) is 1. The molecule has 106 valence electrons. The molecule has 2 aromatic rings. The van der Waals surface area contributed by atoms with E-state index in [4.69, 9.17) is 9.57 Å². The number of sulfonamides is 1. The zero-order valence-electron chi connectivity index (χ0n) is 10.9. The van der Waals surface area contributed by atoms with Crippen LogP contribution >= 0.6 is 0 Å². The van der Waals surface area contributed by atoms with Crippen LogP contribution < -0.4 is 9.62 Å². The van der Waals surface area contributed by atoms with Crippen molar-refractivity contribution in [3.63, 3.8) is 0 Å². The van der Waals surface area contributed by atoms with E-state index in [1.54, 1.807) is 12.1 Å². The highest BCUT2D eigenvalue weighted by atomic mass is 32.2. The van der Waals surface area contributed by atoms with Gasteiger partial charge in [0, 0.05) is 6.07 Å². The summed E-state index contributed by atoms with van der Waals surface area (Å²) >= 11 is 0. The van der Waals surface area contributed by atoms with E-state index in [9.17, 15) is 8.42 Å². The van der Waals surface area contributed by atoms with Crippen LogP contribution in [0.4, 0.5) is 0 Å². The van der Waals surface area contributed by atoms with Gasteiger partial charge in [0.15, 0.2) is 0 Å². The average molecular weight is 293 g/mol. The van der Waals surface area contributed by atoms with Gasteiger partial charge in [-0.25, -0.2) is 8.42 Å². The van der Waals surface area contributed by atoms with Gasteiger partial charge in [-0.3, -0.25) is 4.84 Å². The van der Waals surface area contributed by atoms with Crippen LogP contribution in [0, 0.1) is 0 Å². The molecule has 2 aromatic carbocycles. The average Bonchev–Trinajstić information content (AvgIpc) is 2.48. The van der Waals surface area contributed by atoms with Crippen molar-refractivity contribution in [2.75, 3.05) is 7.11 Å². The first kappa shape index (κ1) is 14.5. The Hall–Kier alpha value is -1.89. The molecule has 0 radical (unpaired) electrons. The normalized spacial score (nSPS) is 11.2. The van der Waals surface area contributed by atoms with E-state index in [1.165, 1.54) is 19.2 Å². The van der Waals surface area contributed by atoms with Gasteiger partial charge in [-0.1, -0.05) is 41.3 Å². The molecule has 0 saturated carbocycles. The second-order valence-electron chi connectivity index (χ2n) is 4.04. The van der Waals surface area contributed by atoms with E-state index in [0.717, 1.165) is 5.56 Å². The van der Waals surface area contributed by atoms with Crippen molar-refractivity contribution >= 4 is 10.0 Å². The van der Waals surface area contributed by atoms with Crippen LogP contribution in [0.5, 0.6) is 5.75 Å². The smallest absolute Gasteiger partial charge is 0.262 e. The van der Waals surface area contributed by atoms with Crippen molar-refractivity contribution in [2.45, 2.75) is 11.5 Å². The molecule has 0 amide bonds. The summed E-state index contributed by atoms with van der Waals surface area (Å²) in [6.07, 6.45) is 0. The van der Waals surface area contributed by atoms with Crippen molar-refractivity contribution in [1.29, 1.82) is 0 Å². The van der Waals surface area contributed by atoms with Crippen molar-refractivity contribution < 1.29 is 18.0 Å². The molecule has 0 aliphatic carbocycles. The number of hydrogen-bond acceptors (Lipinski definition) is 4. The third-order valence-corrected chi connectivity index (χ3v) is 3.81. The monoisotopic (exact) mass is 293 g/mol. The molecule has 0 saturated heterocycles. The van der Waals surface area contributed by atoms with E-state index in [0.29, 0.717) is 5.75 Å². The lowest BCUT2D eigenvalue weighted by atomic mass is 10.2. The lowest BCUT2D eigenvalue weighted by Gasteiger charge is -2.08. The molecule has 20 heavy (non-hydrogen) atoms. The fraction of sp³-hybridized carbons (Fsp3) is 0.143. The third kappa shape index (κ3) is 3.80. The minimum absolute atomic E-state index is 0.0879. The summed E-state index contributed by atoms with van der Waals surface area (Å²) in [5, 5.41) is 0. The Balaban J connectivity index is 2.00. The lowest BCUT2D eigenvalue weighted by molar-refractivity contribution is 0.0795. The first-order chi connectivity index (χ1) is 9.62. The Morgan fingerprint density at radius 1 is 1.05 bits per heavy atom. The van der Waals surface area contributed by atoms with Gasteiger partial charge in [0.05, 0.1) is 18.6 Å². The van der Waals surface area contributed by atoms with Crippen molar-refractivity contribution in [3.8, 4) is 5.75 Å². The van der Waals surface area contributed by atoms with Gasteiger partial charge < -0.3 is 4.74 Å². The van der Waals surface area contributed by atoms with Crippen LogP contribution in [0.3, 0.4) is 0 Å². The van der Waals surface area contributed by atoms with Gasteiger partial charge in [-0.05, 0) is 17.7 Å². The molecule has 1 N–H and O–H groups in total. The Labute approximate surface area is 118 Å². The predicted octanol–water partition coefficient (Wildman–Crippen LogP) is 2.11. The van der Waals surface area contributed by atoms with Gasteiger partial charge in [0.2, 0.25) is 0 Å². The van der Waals surface area contributed by atoms with Crippen molar-refractivity contribution in [3.05, 3.63) is 60.2 Å². The van der Waals surface area contributed by atoms with Crippen LogP contribution in [-0.2, 0) is 21.5 Å². The number of ether oxygens (including phenoxy) is 1. The molecule has 0 fully saturated rings. The molecule has 2 rings (SSSR count). The fourth-order valence-electron chi connectivity index (χ4n) is 1.58. The van der Waals surface area contributed by atoms with Crippen LogP contribution in [0.2, 0.25) is 0 Å². The molecule has 0 spiro atoms. The lowest BCUT2D eigenvalue weighted by Crippen LogP contribution is -2.23. The van der Waals surface area contributed by atoms with Crippen LogP contribution in [0.25, 0.3) is 0 Å². The Bertz CT molecular complexity index is 656. The van der Waals surface area contributed by atoms with Gasteiger partial charge >= 0.3 is 0 Å². The summed E-state index contributed by atoms with van der Waals surface area (Å²) < 4.78 is 29.0. The highest BCUT2D eigenvalue weighted by Gasteiger charge is 2.14. The van der Waals surface area contributed by atoms with Crippen molar-refractivity contribution in [1.82, 2.24) is 4.89 Å². The van der Waals surface area contributed by atoms with E-state index in [-0.39, 0.29) is 11.5 Å². The molecule has 0 aliphatic rings. The molecule has 0 bridgehead atoms. The van der Waals surface area contributed by atoms with E-state index in [2.05, 4.69) is 4.89 Å².